The van der Waals surface area contributed by atoms with Crippen molar-refractivity contribution in [2.45, 2.75) is 20.0 Å². The van der Waals surface area contributed by atoms with Gasteiger partial charge >= 0.3 is 0 Å². The summed E-state index contributed by atoms with van der Waals surface area (Å²) in [6, 6.07) is 11.8. The summed E-state index contributed by atoms with van der Waals surface area (Å²) in [5.41, 5.74) is 2.57. The Morgan fingerprint density at radius 1 is 1.26 bits per heavy atom. The van der Waals surface area contributed by atoms with E-state index >= 15 is 0 Å². The van der Waals surface area contributed by atoms with Gasteiger partial charge in [0.15, 0.2) is 0 Å². The van der Waals surface area contributed by atoms with E-state index in [0.717, 1.165) is 12.1 Å². The van der Waals surface area contributed by atoms with Crippen LogP contribution in [-0.2, 0) is 13.1 Å². The van der Waals surface area contributed by atoms with Crippen molar-refractivity contribution < 1.29 is 9.18 Å². The van der Waals surface area contributed by atoms with E-state index in [1.54, 1.807) is 42.1 Å². The molecule has 0 fully saturated rings. The molecule has 3 aromatic rings. The minimum Gasteiger partial charge on any atom is -0.337 e. The number of fused-ring (bicyclic) bond motifs is 1. The van der Waals surface area contributed by atoms with Crippen molar-refractivity contribution in [3.8, 4) is 0 Å². The summed E-state index contributed by atoms with van der Waals surface area (Å²) in [5.74, 6) is -0.491. The van der Waals surface area contributed by atoms with Gasteiger partial charge in [0, 0.05) is 31.3 Å². The van der Waals surface area contributed by atoms with Crippen LogP contribution in [0.3, 0.4) is 0 Å². The van der Waals surface area contributed by atoms with Crippen molar-refractivity contribution in [3.63, 3.8) is 0 Å². The van der Waals surface area contributed by atoms with Crippen molar-refractivity contribution in [2.75, 3.05) is 7.05 Å². The van der Waals surface area contributed by atoms with Gasteiger partial charge in [-0.1, -0.05) is 23.4 Å². The first-order valence-electron chi connectivity index (χ1n) is 7.42. The number of nitrogens with zero attached hydrogens (tertiary/aromatic N) is 4. The molecule has 118 valence electrons. The lowest BCUT2D eigenvalue weighted by Crippen LogP contribution is -2.26. The van der Waals surface area contributed by atoms with Gasteiger partial charge in [-0.25, -0.2) is 9.07 Å². The van der Waals surface area contributed by atoms with Crippen LogP contribution >= 0.6 is 0 Å². The summed E-state index contributed by atoms with van der Waals surface area (Å²) < 4.78 is 15.5. The fourth-order valence-corrected chi connectivity index (χ4v) is 2.51. The molecule has 23 heavy (non-hydrogen) atoms. The molecular weight excluding hydrogens is 295 g/mol. The normalized spacial score (nSPS) is 10.9. The van der Waals surface area contributed by atoms with Gasteiger partial charge in [-0.2, -0.15) is 0 Å². The Morgan fingerprint density at radius 3 is 2.78 bits per heavy atom. The molecule has 0 aliphatic heterocycles. The number of amides is 1. The smallest absolute Gasteiger partial charge is 0.253 e. The molecule has 1 amide bonds. The zero-order chi connectivity index (χ0) is 16.4. The van der Waals surface area contributed by atoms with E-state index in [4.69, 9.17) is 0 Å². The second-order valence-electron chi connectivity index (χ2n) is 5.36. The molecule has 0 aliphatic carbocycles. The molecule has 0 atom stereocenters. The van der Waals surface area contributed by atoms with Crippen molar-refractivity contribution in [3.05, 3.63) is 59.4 Å². The molecule has 3 rings (SSSR count). The van der Waals surface area contributed by atoms with Gasteiger partial charge in [-0.15, -0.1) is 5.10 Å². The first kappa shape index (κ1) is 15.1. The van der Waals surface area contributed by atoms with Gasteiger partial charge in [0.1, 0.15) is 11.3 Å². The Balaban J connectivity index is 1.83. The standard InChI is InChI=1S/C17H17FN4O/c1-3-22-16-9-8-12(10-15(16)19-20-22)17(23)21(2)11-13-6-4-5-7-14(13)18/h4-10H,3,11H2,1-2H3. The average Bonchev–Trinajstić information content (AvgIpc) is 2.98. The second kappa shape index (κ2) is 6.16. The third-order valence-corrected chi connectivity index (χ3v) is 3.77. The fourth-order valence-electron chi connectivity index (χ4n) is 2.51. The number of aromatic nitrogens is 3. The third kappa shape index (κ3) is 2.92. The molecule has 0 saturated carbocycles. The van der Waals surface area contributed by atoms with Crippen molar-refractivity contribution in [1.82, 2.24) is 19.9 Å². The number of hydrogen-bond donors (Lipinski definition) is 0. The highest BCUT2D eigenvalue weighted by molar-refractivity contribution is 5.97. The number of hydrogen-bond acceptors (Lipinski definition) is 3. The summed E-state index contributed by atoms with van der Waals surface area (Å²) >= 11 is 0. The Kier molecular flexibility index (Phi) is 4.06. The summed E-state index contributed by atoms with van der Waals surface area (Å²) in [7, 11) is 1.65. The maximum atomic E-state index is 13.7. The first-order valence-corrected chi connectivity index (χ1v) is 7.42. The highest BCUT2D eigenvalue weighted by atomic mass is 19.1. The van der Waals surface area contributed by atoms with Crippen molar-refractivity contribution in [1.29, 1.82) is 0 Å². The largest absolute Gasteiger partial charge is 0.337 e. The fraction of sp³-hybridized carbons (Fsp3) is 0.235. The third-order valence-electron chi connectivity index (χ3n) is 3.77. The maximum absolute atomic E-state index is 13.7. The van der Waals surface area contributed by atoms with Crippen LogP contribution in [0.1, 0.15) is 22.8 Å². The molecule has 5 nitrogen and oxygen atoms in total. The quantitative estimate of drug-likeness (QED) is 0.744. The predicted octanol–water partition coefficient (Wildman–Crippen LogP) is 2.86. The lowest BCUT2D eigenvalue weighted by atomic mass is 10.1. The van der Waals surface area contributed by atoms with E-state index in [2.05, 4.69) is 10.3 Å². The lowest BCUT2D eigenvalue weighted by molar-refractivity contribution is 0.0784. The lowest BCUT2D eigenvalue weighted by Gasteiger charge is -2.17. The van der Waals surface area contributed by atoms with Crippen LogP contribution < -0.4 is 0 Å². The first-order chi connectivity index (χ1) is 11.1. The molecule has 1 heterocycles. The molecule has 0 N–H and O–H groups in total. The van der Waals surface area contributed by atoms with Crippen molar-refractivity contribution >= 4 is 16.9 Å². The molecule has 0 spiro atoms. The summed E-state index contributed by atoms with van der Waals surface area (Å²) in [4.78, 5) is 14.0. The minimum absolute atomic E-state index is 0.179. The SMILES string of the molecule is CCn1nnc2cc(C(=O)N(C)Cc3ccccc3F)ccc21. The average molecular weight is 312 g/mol. The molecule has 0 radical (unpaired) electrons. The summed E-state index contributed by atoms with van der Waals surface area (Å²) in [6.45, 7) is 2.91. The summed E-state index contributed by atoms with van der Waals surface area (Å²) in [5, 5.41) is 8.10. The second-order valence-corrected chi connectivity index (χ2v) is 5.36. The van der Waals surface area contributed by atoms with Gasteiger partial charge in [0.05, 0.1) is 5.52 Å². The predicted molar refractivity (Wildman–Crippen MR) is 85.4 cm³/mol. The molecule has 6 heteroatoms. The van der Waals surface area contributed by atoms with E-state index in [1.807, 2.05) is 13.0 Å². The van der Waals surface area contributed by atoms with Gasteiger partial charge in [0.25, 0.3) is 5.91 Å². The van der Waals surface area contributed by atoms with Gasteiger partial charge in [0.2, 0.25) is 0 Å². The number of aryl methyl sites for hydroxylation is 1. The molecule has 2 aromatic carbocycles. The molecule has 1 aromatic heterocycles. The molecular formula is C17H17FN4O. The van der Waals surface area contributed by atoms with Crippen LogP contribution in [0.4, 0.5) is 4.39 Å². The van der Waals surface area contributed by atoms with E-state index in [9.17, 15) is 9.18 Å². The number of carbonyl (C=O) groups excluding carboxylic acids is 1. The van der Waals surface area contributed by atoms with E-state index in [-0.39, 0.29) is 18.3 Å². The molecule has 0 saturated heterocycles. The zero-order valence-corrected chi connectivity index (χ0v) is 13.0. The van der Waals surface area contributed by atoms with Crippen LogP contribution in [0.2, 0.25) is 0 Å². The molecule has 0 unspecified atom stereocenters. The van der Waals surface area contributed by atoms with E-state index in [1.165, 1.54) is 11.0 Å². The Labute approximate surface area is 133 Å². The number of halogens is 1. The van der Waals surface area contributed by atoms with Crippen LogP contribution in [0.25, 0.3) is 11.0 Å². The Hall–Kier alpha value is -2.76. The number of rotatable bonds is 4. The zero-order valence-electron chi connectivity index (χ0n) is 13.0. The molecule has 0 bridgehead atoms. The maximum Gasteiger partial charge on any atom is 0.253 e. The highest BCUT2D eigenvalue weighted by Crippen LogP contribution is 2.16. The van der Waals surface area contributed by atoms with Gasteiger partial charge in [-0.3, -0.25) is 4.79 Å². The van der Waals surface area contributed by atoms with E-state index in [0.29, 0.717) is 16.6 Å². The van der Waals surface area contributed by atoms with Gasteiger partial charge in [-0.05, 0) is 31.2 Å². The van der Waals surface area contributed by atoms with Crippen LogP contribution in [0, 0.1) is 5.82 Å². The monoisotopic (exact) mass is 312 g/mol. The Morgan fingerprint density at radius 2 is 2.04 bits per heavy atom. The summed E-state index contributed by atoms with van der Waals surface area (Å²) in [6.07, 6.45) is 0. The molecule has 0 aliphatic rings. The minimum atomic E-state index is -0.312. The van der Waals surface area contributed by atoms with E-state index < -0.39 is 0 Å². The van der Waals surface area contributed by atoms with Crippen LogP contribution in [0.5, 0.6) is 0 Å². The highest BCUT2D eigenvalue weighted by Gasteiger charge is 2.15. The van der Waals surface area contributed by atoms with Crippen LogP contribution in [0.15, 0.2) is 42.5 Å². The van der Waals surface area contributed by atoms with Crippen LogP contribution in [-0.4, -0.2) is 32.8 Å². The number of benzene rings is 2. The topological polar surface area (TPSA) is 51.0 Å². The Bertz CT molecular complexity index is 859. The van der Waals surface area contributed by atoms with Crippen molar-refractivity contribution in [2.24, 2.45) is 0 Å². The number of carbonyl (C=O) groups is 1. The van der Waals surface area contributed by atoms with Gasteiger partial charge < -0.3 is 4.90 Å².